The maximum absolute atomic E-state index is 7.23. The van der Waals surface area contributed by atoms with E-state index in [-0.39, 0.29) is 0 Å². The Kier molecular flexibility index (Phi) is 7.11. The van der Waals surface area contributed by atoms with Gasteiger partial charge >= 0.3 is 0 Å². The molecule has 1 N–H and O–H groups in total. The van der Waals surface area contributed by atoms with Gasteiger partial charge in [-0.1, -0.05) is 49.1 Å². The van der Waals surface area contributed by atoms with Gasteiger partial charge in [0, 0.05) is 11.8 Å². The number of nitrogens with one attached hydrogen (secondary N) is 1. The molecular weight excluding hydrogens is 270 g/mol. The second-order valence-electron chi connectivity index (χ2n) is 5.12. The van der Waals surface area contributed by atoms with Gasteiger partial charge in [-0.2, -0.15) is 0 Å². The fourth-order valence-corrected chi connectivity index (χ4v) is 2.16. The smallest absolute Gasteiger partial charge is 0.129 e. The average molecular weight is 295 g/mol. The van der Waals surface area contributed by atoms with Crippen LogP contribution in [0.5, 0.6) is 0 Å². The molecule has 1 rings (SSSR count). The number of ether oxygens (including phenoxy) is 1. The summed E-state index contributed by atoms with van der Waals surface area (Å²) in [6.45, 7) is 9.89. The van der Waals surface area contributed by atoms with Crippen LogP contribution in [0.3, 0.4) is 0 Å². The van der Waals surface area contributed by atoms with Crippen LogP contribution >= 0.6 is 0 Å². The lowest BCUT2D eigenvalue weighted by molar-refractivity contribution is 0.303. The lowest BCUT2D eigenvalue weighted by Gasteiger charge is -2.13. The molecule has 0 heterocycles. The van der Waals surface area contributed by atoms with Crippen molar-refractivity contribution in [3.63, 3.8) is 0 Å². The number of hydrogen-bond acceptors (Lipinski definition) is 2. The van der Waals surface area contributed by atoms with Crippen molar-refractivity contribution in [1.29, 1.82) is 5.41 Å². The first-order valence-electron chi connectivity index (χ1n) is 7.37. The van der Waals surface area contributed by atoms with Gasteiger partial charge in [0.15, 0.2) is 0 Å². The van der Waals surface area contributed by atoms with Crippen LogP contribution in [0.4, 0.5) is 0 Å². The van der Waals surface area contributed by atoms with Gasteiger partial charge in [0.1, 0.15) is 5.76 Å². The monoisotopic (exact) mass is 295 g/mol. The number of benzene rings is 1. The van der Waals surface area contributed by atoms with Crippen LogP contribution in [0.25, 0.3) is 5.57 Å². The first kappa shape index (κ1) is 17.7. The lowest BCUT2D eigenvalue weighted by Crippen LogP contribution is -1.96. The molecule has 1 aromatic carbocycles. The van der Waals surface area contributed by atoms with Crippen LogP contribution in [0.2, 0.25) is 0 Å². The molecule has 1 aromatic rings. The van der Waals surface area contributed by atoms with Crippen LogP contribution in [0.15, 0.2) is 66.0 Å². The van der Waals surface area contributed by atoms with Crippen molar-refractivity contribution < 1.29 is 4.74 Å². The second kappa shape index (κ2) is 8.83. The molecule has 0 saturated heterocycles. The van der Waals surface area contributed by atoms with Gasteiger partial charge in [-0.05, 0) is 49.5 Å². The molecular formula is C20H25NO. The van der Waals surface area contributed by atoms with Crippen molar-refractivity contribution in [2.45, 2.75) is 27.2 Å². The normalized spacial score (nSPS) is 13.5. The van der Waals surface area contributed by atoms with E-state index in [0.29, 0.717) is 0 Å². The Balaban J connectivity index is 3.27. The molecule has 0 atom stereocenters. The fourth-order valence-electron chi connectivity index (χ4n) is 2.16. The predicted molar refractivity (Wildman–Crippen MR) is 96.2 cm³/mol. The van der Waals surface area contributed by atoms with Crippen LogP contribution in [0.1, 0.15) is 31.9 Å². The van der Waals surface area contributed by atoms with Crippen LogP contribution in [-0.2, 0) is 11.2 Å². The minimum absolute atomic E-state index is 0.810. The number of hydrogen-bond donors (Lipinski definition) is 1. The summed E-state index contributed by atoms with van der Waals surface area (Å²) in [5, 5.41) is 7.23. The quantitative estimate of drug-likeness (QED) is 0.411. The Morgan fingerprint density at radius 2 is 2.05 bits per heavy atom. The lowest BCUT2D eigenvalue weighted by atomic mass is 9.98. The Bertz CT molecular complexity index is 633. The van der Waals surface area contributed by atoms with E-state index in [1.165, 1.54) is 11.8 Å². The highest BCUT2D eigenvalue weighted by Gasteiger charge is 2.09. The predicted octanol–water partition coefficient (Wildman–Crippen LogP) is 5.33. The van der Waals surface area contributed by atoms with Crippen molar-refractivity contribution in [1.82, 2.24) is 0 Å². The van der Waals surface area contributed by atoms with Crippen molar-refractivity contribution in [2.24, 2.45) is 0 Å². The molecule has 0 unspecified atom stereocenters. The van der Waals surface area contributed by atoms with Crippen LogP contribution < -0.4 is 0 Å². The molecule has 2 heteroatoms. The fraction of sp³-hybridized carbons (Fsp3) is 0.250. The molecule has 0 amide bonds. The van der Waals surface area contributed by atoms with E-state index in [1.54, 1.807) is 7.11 Å². The van der Waals surface area contributed by atoms with E-state index in [4.69, 9.17) is 10.1 Å². The van der Waals surface area contributed by atoms with E-state index in [0.717, 1.165) is 34.5 Å². The van der Waals surface area contributed by atoms with Gasteiger partial charge in [0.25, 0.3) is 0 Å². The average Bonchev–Trinajstić information content (AvgIpc) is 2.56. The minimum Gasteiger partial charge on any atom is -0.496 e. The number of methoxy groups -OCH3 is 1. The second-order valence-corrected chi connectivity index (χ2v) is 5.12. The molecule has 0 spiro atoms. The molecule has 116 valence electrons. The van der Waals surface area contributed by atoms with E-state index >= 15 is 0 Å². The third kappa shape index (κ3) is 4.59. The zero-order valence-electron chi connectivity index (χ0n) is 13.9. The van der Waals surface area contributed by atoms with Crippen molar-refractivity contribution in [2.75, 3.05) is 7.11 Å². The summed E-state index contributed by atoms with van der Waals surface area (Å²) >= 11 is 0. The molecule has 0 saturated carbocycles. The molecule has 2 nitrogen and oxygen atoms in total. The van der Waals surface area contributed by atoms with E-state index in [9.17, 15) is 0 Å². The van der Waals surface area contributed by atoms with Gasteiger partial charge in [-0.15, -0.1) is 0 Å². The summed E-state index contributed by atoms with van der Waals surface area (Å²) in [7, 11) is 1.69. The zero-order valence-corrected chi connectivity index (χ0v) is 13.9. The first-order chi connectivity index (χ1) is 10.6. The molecule has 0 aliphatic heterocycles. The van der Waals surface area contributed by atoms with Gasteiger partial charge in [-0.3, -0.25) is 0 Å². The molecule has 0 aliphatic carbocycles. The van der Waals surface area contributed by atoms with Crippen molar-refractivity contribution >= 4 is 11.8 Å². The molecule has 0 fully saturated rings. The van der Waals surface area contributed by atoms with E-state index in [2.05, 4.69) is 30.9 Å². The molecule has 0 aliphatic rings. The highest BCUT2D eigenvalue weighted by Crippen LogP contribution is 2.26. The zero-order chi connectivity index (χ0) is 16.5. The standard InChI is InChI=1S/C20H25NO/c1-6-16(4)20(22-5)19(7-2)18-10-8-9-17(13-18)12-11-15(3)14-21/h6-11,13-14,21H,2,12H2,1,3-5H3/b15-11-,16-6-,20-19-,21-14?. The van der Waals surface area contributed by atoms with Crippen LogP contribution in [0, 0.1) is 5.41 Å². The van der Waals surface area contributed by atoms with E-state index < -0.39 is 0 Å². The Morgan fingerprint density at radius 1 is 1.32 bits per heavy atom. The Morgan fingerprint density at radius 3 is 2.59 bits per heavy atom. The molecule has 0 radical (unpaired) electrons. The topological polar surface area (TPSA) is 33.1 Å². The van der Waals surface area contributed by atoms with Crippen LogP contribution in [-0.4, -0.2) is 13.3 Å². The minimum atomic E-state index is 0.810. The van der Waals surface area contributed by atoms with E-state index in [1.807, 2.05) is 39.0 Å². The third-order valence-corrected chi connectivity index (χ3v) is 3.57. The van der Waals surface area contributed by atoms with Crippen molar-refractivity contribution in [3.8, 4) is 0 Å². The van der Waals surface area contributed by atoms with Gasteiger partial charge in [0.2, 0.25) is 0 Å². The Hall–Kier alpha value is -2.35. The first-order valence-corrected chi connectivity index (χ1v) is 7.37. The van der Waals surface area contributed by atoms with Gasteiger partial charge < -0.3 is 10.1 Å². The molecule has 0 bridgehead atoms. The highest BCUT2D eigenvalue weighted by molar-refractivity contribution is 5.78. The van der Waals surface area contributed by atoms with Gasteiger partial charge in [-0.25, -0.2) is 0 Å². The number of allylic oxidation sites excluding steroid dienone is 6. The molecule has 22 heavy (non-hydrogen) atoms. The summed E-state index contributed by atoms with van der Waals surface area (Å²) in [5.74, 6) is 0.848. The summed E-state index contributed by atoms with van der Waals surface area (Å²) in [4.78, 5) is 0. The summed E-state index contributed by atoms with van der Waals surface area (Å²) in [5.41, 5.74) is 5.33. The third-order valence-electron chi connectivity index (χ3n) is 3.57. The summed E-state index contributed by atoms with van der Waals surface area (Å²) in [6, 6.07) is 8.34. The van der Waals surface area contributed by atoms with Gasteiger partial charge in [0.05, 0.1) is 7.11 Å². The molecule has 0 aromatic heterocycles. The SMILES string of the molecule is C=C/C(=C(OC)\C(C)=C/C)c1cccc(C/C=C(/C)C=N)c1. The van der Waals surface area contributed by atoms with Crippen molar-refractivity contribution in [3.05, 3.63) is 77.1 Å². The maximum atomic E-state index is 7.23. The summed E-state index contributed by atoms with van der Waals surface area (Å²) in [6.07, 6.45) is 8.10. The highest BCUT2D eigenvalue weighted by atomic mass is 16.5. The largest absolute Gasteiger partial charge is 0.496 e. The summed E-state index contributed by atoms with van der Waals surface area (Å²) < 4.78 is 5.56. The number of rotatable bonds is 7. The Labute approximate surface area is 134 Å². The maximum Gasteiger partial charge on any atom is 0.129 e.